The van der Waals surface area contributed by atoms with E-state index in [0.29, 0.717) is 5.92 Å². The van der Waals surface area contributed by atoms with Gasteiger partial charge in [-0.15, -0.1) is 0 Å². The molecule has 1 aliphatic rings. The fourth-order valence-electron chi connectivity index (χ4n) is 2.63. The van der Waals surface area contributed by atoms with Crippen LogP contribution in [0.1, 0.15) is 12.0 Å². The number of nitrogens with two attached hydrogens (primary N) is 1. The summed E-state index contributed by atoms with van der Waals surface area (Å²) in [6, 6.07) is 4.12. The van der Waals surface area contributed by atoms with Gasteiger partial charge in [0.2, 0.25) is 0 Å². The Bertz CT molecular complexity index is 505. The molecule has 1 fully saturated rings. The Morgan fingerprint density at radius 2 is 2.47 bits per heavy atom. The zero-order valence-corrected chi connectivity index (χ0v) is 9.89. The minimum absolute atomic E-state index is 0.679. The van der Waals surface area contributed by atoms with E-state index in [2.05, 4.69) is 27.1 Å². The van der Waals surface area contributed by atoms with Crippen LogP contribution in [0.2, 0.25) is 0 Å². The van der Waals surface area contributed by atoms with Crippen molar-refractivity contribution in [3.05, 3.63) is 30.1 Å². The second kappa shape index (κ2) is 4.47. The first kappa shape index (κ1) is 10.7. The summed E-state index contributed by atoms with van der Waals surface area (Å²) >= 11 is 0. The molecule has 0 aromatic carbocycles. The number of nitrogens with zero attached hydrogens (tertiary/aromatic N) is 2. The van der Waals surface area contributed by atoms with Gasteiger partial charge in [0.05, 0.1) is 0 Å². The molecule has 90 valence electrons. The minimum atomic E-state index is 0.679. The second-order valence-corrected chi connectivity index (χ2v) is 4.84. The maximum atomic E-state index is 5.72. The normalized spacial score (nSPS) is 21.4. The first-order valence-electron chi connectivity index (χ1n) is 6.20. The number of pyridine rings is 1. The molecule has 3 rings (SSSR count). The van der Waals surface area contributed by atoms with Crippen molar-refractivity contribution in [3.63, 3.8) is 0 Å². The number of H-pyrrole nitrogens is 1. The molecule has 1 unspecified atom stereocenters. The highest BCUT2D eigenvalue weighted by Gasteiger charge is 2.21. The first-order valence-corrected chi connectivity index (χ1v) is 6.20. The average molecular weight is 230 g/mol. The van der Waals surface area contributed by atoms with Gasteiger partial charge < -0.3 is 10.7 Å². The third-order valence-corrected chi connectivity index (χ3v) is 3.63. The average Bonchev–Trinajstić information content (AvgIpc) is 2.97. The van der Waals surface area contributed by atoms with Crippen LogP contribution in [-0.2, 0) is 6.54 Å². The van der Waals surface area contributed by atoms with Crippen molar-refractivity contribution in [1.29, 1.82) is 0 Å². The minimum Gasteiger partial charge on any atom is -0.346 e. The lowest BCUT2D eigenvalue weighted by Gasteiger charge is -2.14. The van der Waals surface area contributed by atoms with E-state index >= 15 is 0 Å². The van der Waals surface area contributed by atoms with Gasteiger partial charge in [0.1, 0.15) is 5.65 Å². The number of hydrogen-bond donors (Lipinski definition) is 2. The summed E-state index contributed by atoms with van der Waals surface area (Å²) in [5.74, 6) is 0.679. The number of rotatable bonds is 3. The molecule has 0 amide bonds. The van der Waals surface area contributed by atoms with E-state index in [9.17, 15) is 0 Å². The summed E-state index contributed by atoms with van der Waals surface area (Å²) in [7, 11) is 0. The standard InChI is InChI=1S/C13H18N4/c14-6-10-3-5-17(8-10)9-11-7-16-13-12(11)2-1-4-15-13/h1-2,4,7,10H,3,5-6,8-9,14H2,(H,15,16). The van der Waals surface area contributed by atoms with Crippen molar-refractivity contribution >= 4 is 11.0 Å². The molecule has 1 atom stereocenters. The number of hydrogen-bond acceptors (Lipinski definition) is 3. The lowest BCUT2D eigenvalue weighted by molar-refractivity contribution is 0.319. The van der Waals surface area contributed by atoms with E-state index < -0.39 is 0 Å². The molecular weight excluding hydrogens is 212 g/mol. The Hall–Kier alpha value is -1.39. The zero-order valence-electron chi connectivity index (χ0n) is 9.89. The molecule has 4 heteroatoms. The van der Waals surface area contributed by atoms with Gasteiger partial charge in [-0.05, 0) is 43.1 Å². The number of aromatic nitrogens is 2. The summed E-state index contributed by atoms with van der Waals surface area (Å²) in [6.45, 7) is 4.10. The van der Waals surface area contributed by atoms with Crippen LogP contribution >= 0.6 is 0 Å². The van der Waals surface area contributed by atoms with Gasteiger partial charge >= 0.3 is 0 Å². The molecule has 0 spiro atoms. The molecule has 3 N–H and O–H groups in total. The SMILES string of the molecule is NCC1CCN(Cc2c[nH]c3ncccc23)C1. The van der Waals surface area contributed by atoms with Gasteiger partial charge in [0.25, 0.3) is 0 Å². The van der Waals surface area contributed by atoms with Crippen molar-refractivity contribution < 1.29 is 0 Å². The molecule has 4 nitrogen and oxygen atoms in total. The predicted octanol–water partition coefficient (Wildman–Crippen LogP) is 1.34. The molecule has 2 aromatic heterocycles. The third-order valence-electron chi connectivity index (χ3n) is 3.63. The van der Waals surface area contributed by atoms with Gasteiger partial charge in [-0.3, -0.25) is 4.90 Å². The van der Waals surface area contributed by atoms with Crippen molar-refractivity contribution in [2.24, 2.45) is 11.7 Å². The lowest BCUT2D eigenvalue weighted by Crippen LogP contribution is -2.22. The largest absolute Gasteiger partial charge is 0.346 e. The van der Waals surface area contributed by atoms with Crippen molar-refractivity contribution in [1.82, 2.24) is 14.9 Å². The Kier molecular flexibility index (Phi) is 2.82. The predicted molar refractivity (Wildman–Crippen MR) is 68.5 cm³/mol. The molecule has 0 bridgehead atoms. The Labute approximate surface area is 101 Å². The summed E-state index contributed by atoms with van der Waals surface area (Å²) in [5.41, 5.74) is 8.04. The third kappa shape index (κ3) is 2.06. The van der Waals surface area contributed by atoms with Crippen LogP contribution < -0.4 is 5.73 Å². The van der Waals surface area contributed by atoms with Gasteiger partial charge in [0.15, 0.2) is 0 Å². The Morgan fingerprint density at radius 1 is 1.53 bits per heavy atom. The van der Waals surface area contributed by atoms with Gasteiger partial charge in [-0.25, -0.2) is 4.98 Å². The highest BCUT2D eigenvalue weighted by molar-refractivity contribution is 5.79. The van der Waals surface area contributed by atoms with Crippen LogP contribution in [0.25, 0.3) is 11.0 Å². The maximum Gasteiger partial charge on any atom is 0.137 e. The molecule has 2 aromatic rings. The fraction of sp³-hybridized carbons (Fsp3) is 0.462. The Morgan fingerprint density at radius 3 is 3.29 bits per heavy atom. The molecule has 17 heavy (non-hydrogen) atoms. The van der Waals surface area contributed by atoms with Gasteiger partial charge in [-0.2, -0.15) is 0 Å². The van der Waals surface area contributed by atoms with Gasteiger partial charge in [0, 0.05) is 30.9 Å². The molecule has 1 aliphatic heterocycles. The molecular formula is C13H18N4. The maximum absolute atomic E-state index is 5.72. The van der Waals surface area contributed by atoms with E-state index in [1.54, 1.807) is 0 Å². The molecule has 0 aliphatic carbocycles. The van der Waals surface area contributed by atoms with Crippen LogP contribution in [0.15, 0.2) is 24.5 Å². The number of nitrogens with one attached hydrogen (secondary N) is 1. The summed E-state index contributed by atoms with van der Waals surface area (Å²) in [5, 5.41) is 1.24. The van der Waals surface area contributed by atoms with Crippen LogP contribution in [0.3, 0.4) is 0 Å². The van der Waals surface area contributed by atoms with E-state index in [1.165, 1.54) is 17.4 Å². The monoisotopic (exact) mass is 230 g/mol. The second-order valence-electron chi connectivity index (χ2n) is 4.84. The molecule has 1 saturated heterocycles. The number of likely N-dealkylation sites (tertiary alicyclic amines) is 1. The number of fused-ring (bicyclic) bond motifs is 1. The van der Waals surface area contributed by atoms with E-state index in [4.69, 9.17) is 5.73 Å². The van der Waals surface area contributed by atoms with Crippen LogP contribution in [0.5, 0.6) is 0 Å². The molecule has 0 radical (unpaired) electrons. The van der Waals surface area contributed by atoms with Crippen molar-refractivity contribution in [2.45, 2.75) is 13.0 Å². The smallest absolute Gasteiger partial charge is 0.137 e. The quantitative estimate of drug-likeness (QED) is 0.836. The fourth-order valence-corrected chi connectivity index (χ4v) is 2.63. The lowest BCUT2D eigenvalue weighted by atomic mass is 10.1. The molecule has 0 saturated carbocycles. The summed E-state index contributed by atoms with van der Waals surface area (Å²) in [4.78, 5) is 10.0. The van der Waals surface area contributed by atoms with E-state index in [1.807, 2.05) is 12.3 Å². The Balaban J connectivity index is 1.77. The van der Waals surface area contributed by atoms with E-state index in [-0.39, 0.29) is 0 Å². The van der Waals surface area contributed by atoms with Crippen LogP contribution in [0.4, 0.5) is 0 Å². The molecule has 3 heterocycles. The van der Waals surface area contributed by atoms with Crippen LogP contribution in [0, 0.1) is 5.92 Å². The first-order chi connectivity index (χ1) is 8.36. The topological polar surface area (TPSA) is 57.9 Å². The number of aromatic amines is 1. The highest BCUT2D eigenvalue weighted by Crippen LogP contribution is 2.21. The summed E-state index contributed by atoms with van der Waals surface area (Å²) < 4.78 is 0. The van der Waals surface area contributed by atoms with Crippen LogP contribution in [-0.4, -0.2) is 34.5 Å². The van der Waals surface area contributed by atoms with E-state index in [0.717, 1.165) is 31.8 Å². The highest BCUT2D eigenvalue weighted by atomic mass is 15.1. The summed E-state index contributed by atoms with van der Waals surface area (Å²) in [6.07, 6.45) is 5.13. The van der Waals surface area contributed by atoms with Gasteiger partial charge in [-0.1, -0.05) is 0 Å². The zero-order chi connectivity index (χ0) is 11.7. The van der Waals surface area contributed by atoms with Crippen molar-refractivity contribution in [3.8, 4) is 0 Å². The van der Waals surface area contributed by atoms with Crippen molar-refractivity contribution in [2.75, 3.05) is 19.6 Å².